The highest BCUT2D eigenvalue weighted by molar-refractivity contribution is 6.07. The van der Waals surface area contributed by atoms with Crippen molar-refractivity contribution in [1.29, 1.82) is 0 Å². The molecule has 4 rings (SSSR count). The van der Waals surface area contributed by atoms with Crippen LogP contribution in [0, 0.1) is 13.8 Å². The van der Waals surface area contributed by atoms with Crippen LogP contribution in [-0.4, -0.2) is 23.0 Å². The number of carbonyl (C=O) groups excluding carboxylic acids is 1. The normalized spacial score (nSPS) is 10.8. The largest absolute Gasteiger partial charge is 0.496 e. The Morgan fingerprint density at radius 1 is 1.07 bits per heavy atom. The number of oxazole rings is 1. The molecule has 2 aromatic carbocycles. The zero-order valence-electron chi connectivity index (χ0n) is 15.8. The van der Waals surface area contributed by atoms with Gasteiger partial charge in [0.05, 0.1) is 12.7 Å². The number of benzene rings is 2. The fraction of sp³-hybridized carbons (Fsp3) is 0.136. The van der Waals surface area contributed by atoms with Gasteiger partial charge in [0.1, 0.15) is 5.75 Å². The van der Waals surface area contributed by atoms with Crippen LogP contribution in [0.1, 0.15) is 21.5 Å². The average molecular weight is 373 g/mol. The minimum Gasteiger partial charge on any atom is -0.496 e. The first kappa shape index (κ1) is 17.7. The van der Waals surface area contributed by atoms with E-state index in [1.165, 1.54) is 0 Å². The van der Waals surface area contributed by atoms with E-state index in [-0.39, 0.29) is 5.91 Å². The molecular formula is C22H19N3O3. The Kier molecular flexibility index (Phi) is 4.53. The molecule has 6 nitrogen and oxygen atoms in total. The summed E-state index contributed by atoms with van der Waals surface area (Å²) in [6.45, 7) is 3.84. The standard InChI is InChI=1S/C22H19N3O3/c1-13-9-10-15(22-25-20-18(28-22)8-5-11-23-20)12-17(13)24-21(26)16-7-4-6-14(2)19(16)27-3/h4-12H,1-3H3,(H,24,26). The summed E-state index contributed by atoms with van der Waals surface area (Å²) in [5.74, 6) is 0.788. The number of aryl methyl sites for hydroxylation is 2. The maximum Gasteiger partial charge on any atom is 0.259 e. The van der Waals surface area contributed by atoms with E-state index in [1.807, 2.05) is 50.2 Å². The quantitative estimate of drug-likeness (QED) is 0.558. The number of anilines is 1. The lowest BCUT2D eigenvalue weighted by atomic mass is 10.1. The van der Waals surface area contributed by atoms with Gasteiger partial charge in [0.2, 0.25) is 5.89 Å². The molecule has 6 heteroatoms. The third kappa shape index (κ3) is 3.20. The number of para-hydroxylation sites is 1. The molecule has 0 spiro atoms. The second kappa shape index (κ2) is 7.15. The van der Waals surface area contributed by atoms with Crippen LogP contribution in [-0.2, 0) is 0 Å². The number of hydrogen-bond acceptors (Lipinski definition) is 5. The number of hydrogen-bond donors (Lipinski definition) is 1. The van der Waals surface area contributed by atoms with Gasteiger partial charge in [0, 0.05) is 17.4 Å². The summed E-state index contributed by atoms with van der Waals surface area (Å²) in [7, 11) is 1.56. The lowest BCUT2D eigenvalue weighted by Gasteiger charge is -2.13. The number of carbonyl (C=O) groups is 1. The Hall–Kier alpha value is -3.67. The van der Waals surface area contributed by atoms with E-state index in [0.29, 0.717) is 34.1 Å². The molecule has 28 heavy (non-hydrogen) atoms. The predicted octanol–water partition coefficient (Wildman–Crippen LogP) is 4.77. The lowest BCUT2D eigenvalue weighted by molar-refractivity contribution is 0.102. The molecule has 0 unspecified atom stereocenters. The van der Waals surface area contributed by atoms with Gasteiger partial charge in [0.25, 0.3) is 5.91 Å². The first-order valence-corrected chi connectivity index (χ1v) is 8.84. The molecule has 0 fully saturated rings. The highest BCUT2D eigenvalue weighted by atomic mass is 16.5. The van der Waals surface area contributed by atoms with Crippen molar-refractivity contribution in [3.8, 4) is 17.2 Å². The van der Waals surface area contributed by atoms with Crippen molar-refractivity contribution >= 4 is 22.8 Å². The number of amides is 1. The van der Waals surface area contributed by atoms with E-state index in [0.717, 1.165) is 16.7 Å². The summed E-state index contributed by atoms with van der Waals surface area (Å²) in [5, 5.41) is 2.97. The molecule has 0 bridgehead atoms. The van der Waals surface area contributed by atoms with Gasteiger partial charge in [0.15, 0.2) is 11.2 Å². The van der Waals surface area contributed by atoms with Crippen LogP contribution >= 0.6 is 0 Å². The zero-order chi connectivity index (χ0) is 19.7. The van der Waals surface area contributed by atoms with Crippen LogP contribution in [0.15, 0.2) is 59.1 Å². The van der Waals surface area contributed by atoms with Crippen molar-refractivity contribution in [3.05, 3.63) is 71.4 Å². The number of pyridine rings is 1. The Bertz CT molecular complexity index is 1150. The molecule has 4 aromatic rings. The molecule has 1 N–H and O–H groups in total. The topological polar surface area (TPSA) is 77.2 Å². The van der Waals surface area contributed by atoms with Crippen molar-refractivity contribution in [1.82, 2.24) is 9.97 Å². The van der Waals surface area contributed by atoms with Crippen molar-refractivity contribution in [2.24, 2.45) is 0 Å². The number of methoxy groups -OCH3 is 1. The van der Waals surface area contributed by atoms with E-state index >= 15 is 0 Å². The number of nitrogens with one attached hydrogen (secondary N) is 1. The second-order valence-electron chi connectivity index (χ2n) is 6.48. The summed E-state index contributed by atoms with van der Waals surface area (Å²) in [5.41, 5.74) is 4.92. The highest BCUT2D eigenvalue weighted by Gasteiger charge is 2.16. The second-order valence-corrected chi connectivity index (χ2v) is 6.48. The van der Waals surface area contributed by atoms with Gasteiger partial charge in [-0.25, -0.2) is 4.98 Å². The monoisotopic (exact) mass is 373 g/mol. The fourth-order valence-electron chi connectivity index (χ4n) is 3.07. The molecule has 0 aliphatic heterocycles. The SMILES string of the molecule is COc1c(C)cccc1C(=O)Nc1cc(-c2nc3ncccc3o2)ccc1C. The number of fused-ring (bicyclic) bond motifs is 1. The van der Waals surface area contributed by atoms with Crippen LogP contribution in [0.25, 0.3) is 22.7 Å². The zero-order valence-corrected chi connectivity index (χ0v) is 15.8. The van der Waals surface area contributed by atoms with E-state index in [2.05, 4.69) is 15.3 Å². The molecule has 0 saturated carbocycles. The molecule has 0 aliphatic rings. The number of rotatable bonds is 4. The Balaban J connectivity index is 1.68. The van der Waals surface area contributed by atoms with Crippen LogP contribution in [0.2, 0.25) is 0 Å². The predicted molar refractivity (Wildman–Crippen MR) is 108 cm³/mol. The number of ether oxygens (including phenoxy) is 1. The number of nitrogens with zero attached hydrogens (tertiary/aromatic N) is 2. The van der Waals surface area contributed by atoms with Crippen molar-refractivity contribution < 1.29 is 13.9 Å². The van der Waals surface area contributed by atoms with Crippen molar-refractivity contribution in [2.45, 2.75) is 13.8 Å². The molecule has 0 radical (unpaired) electrons. The Morgan fingerprint density at radius 2 is 1.93 bits per heavy atom. The minimum atomic E-state index is -0.236. The van der Waals surface area contributed by atoms with Gasteiger partial charge >= 0.3 is 0 Å². The fourth-order valence-corrected chi connectivity index (χ4v) is 3.07. The smallest absolute Gasteiger partial charge is 0.259 e. The van der Waals surface area contributed by atoms with Gasteiger partial charge in [-0.05, 0) is 55.3 Å². The van der Waals surface area contributed by atoms with Crippen LogP contribution in [0.3, 0.4) is 0 Å². The van der Waals surface area contributed by atoms with E-state index in [9.17, 15) is 4.79 Å². The summed E-state index contributed by atoms with van der Waals surface area (Å²) >= 11 is 0. The maximum atomic E-state index is 12.8. The van der Waals surface area contributed by atoms with Gasteiger partial charge in [-0.1, -0.05) is 18.2 Å². The Labute approximate surface area is 162 Å². The van der Waals surface area contributed by atoms with Gasteiger partial charge in [-0.3, -0.25) is 4.79 Å². The van der Waals surface area contributed by atoms with E-state index in [1.54, 1.807) is 25.4 Å². The third-order valence-electron chi connectivity index (χ3n) is 4.56. The molecule has 1 amide bonds. The van der Waals surface area contributed by atoms with Crippen molar-refractivity contribution in [2.75, 3.05) is 12.4 Å². The lowest BCUT2D eigenvalue weighted by Crippen LogP contribution is -2.14. The number of aromatic nitrogens is 2. The van der Waals surface area contributed by atoms with Crippen LogP contribution in [0.5, 0.6) is 5.75 Å². The molecule has 140 valence electrons. The van der Waals surface area contributed by atoms with Gasteiger partial charge in [-0.15, -0.1) is 0 Å². The highest BCUT2D eigenvalue weighted by Crippen LogP contribution is 2.29. The first-order chi connectivity index (χ1) is 13.6. The summed E-state index contributed by atoms with van der Waals surface area (Å²) < 4.78 is 11.2. The van der Waals surface area contributed by atoms with Crippen LogP contribution < -0.4 is 10.1 Å². The van der Waals surface area contributed by atoms with Gasteiger partial charge < -0.3 is 14.5 Å². The molecule has 2 heterocycles. The third-order valence-corrected chi connectivity index (χ3v) is 4.56. The van der Waals surface area contributed by atoms with Crippen molar-refractivity contribution in [3.63, 3.8) is 0 Å². The molecule has 0 saturated heterocycles. The molecule has 2 aromatic heterocycles. The maximum absolute atomic E-state index is 12.8. The van der Waals surface area contributed by atoms with Crippen LogP contribution in [0.4, 0.5) is 5.69 Å². The van der Waals surface area contributed by atoms with E-state index < -0.39 is 0 Å². The van der Waals surface area contributed by atoms with E-state index in [4.69, 9.17) is 9.15 Å². The molecule has 0 aliphatic carbocycles. The average Bonchev–Trinajstić information content (AvgIpc) is 3.13. The summed E-state index contributed by atoms with van der Waals surface area (Å²) in [6.07, 6.45) is 1.67. The summed E-state index contributed by atoms with van der Waals surface area (Å²) in [4.78, 5) is 21.5. The van der Waals surface area contributed by atoms with Gasteiger partial charge in [-0.2, -0.15) is 4.98 Å². The minimum absolute atomic E-state index is 0.236. The molecular weight excluding hydrogens is 354 g/mol. The molecule has 0 atom stereocenters. The Morgan fingerprint density at radius 3 is 2.71 bits per heavy atom. The first-order valence-electron chi connectivity index (χ1n) is 8.84. The summed E-state index contributed by atoms with van der Waals surface area (Å²) in [6, 6.07) is 14.8.